The van der Waals surface area contributed by atoms with E-state index in [9.17, 15) is 28.1 Å². The molecule has 2 aromatic carbocycles. The molecule has 36 heavy (non-hydrogen) atoms. The number of nitro groups is 1. The van der Waals surface area contributed by atoms with E-state index in [0.717, 1.165) is 0 Å². The Balaban J connectivity index is 1.48. The molecule has 186 valence electrons. The standard InChI is InChI=1S/C23H21N5O7S/c1-14-20-18(24-27-36(33,34)17-6-3-2-4-7-17)8-5-9-19(20)35-21(14)23(30)26-25-22(29)15-10-12-16(13-11-15)28(31)32/h2-4,6-7,10-13,27H,5,8-9H2,1H3,(H,25,29)(H,26,30)/b24-18+. The summed E-state index contributed by atoms with van der Waals surface area (Å²) in [6.07, 6.45) is 1.65. The molecule has 3 N–H and O–H groups in total. The fourth-order valence-electron chi connectivity index (χ4n) is 3.74. The molecule has 0 fully saturated rings. The van der Waals surface area contributed by atoms with Crippen molar-refractivity contribution in [3.05, 3.63) is 92.9 Å². The number of nitro benzene ring substituents is 1. The topological polar surface area (TPSA) is 173 Å². The van der Waals surface area contributed by atoms with Gasteiger partial charge in [0.15, 0.2) is 5.76 Å². The lowest BCUT2D eigenvalue weighted by Crippen LogP contribution is -2.41. The summed E-state index contributed by atoms with van der Waals surface area (Å²) in [6.45, 7) is 1.64. The number of sulfonamides is 1. The third-order valence-electron chi connectivity index (χ3n) is 5.52. The maximum absolute atomic E-state index is 12.7. The highest BCUT2D eigenvalue weighted by Crippen LogP contribution is 2.30. The number of fused-ring (bicyclic) bond motifs is 1. The van der Waals surface area contributed by atoms with Gasteiger partial charge in [-0.25, -0.2) is 0 Å². The summed E-state index contributed by atoms with van der Waals surface area (Å²) in [5.41, 5.74) is 5.86. The summed E-state index contributed by atoms with van der Waals surface area (Å²) < 4.78 is 30.8. The number of furan rings is 1. The predicted molar refractivity (Wildman–Crippen MR) is 128 cm³/mol. The molecule has 13 heteroatoms. The van der Waals surface area contributed by atoms with Crippen LogP contribution in [-0.2, 0) is 16.4 Å². The summed E-state index contributed by atoms with van der Waals surface area (Å²) in [6, 6.07) is 12.7. The number of carbonyl (C=O) groups excluding carboxylic acids is 2. The number of hydrogen-bond donors (Lipinski definition) is 3. The number of benzene rings is 2. The van der Waals surface area contributed by atoms with E-state index in [4.69, 9.17) is 4.42 Å². The number of rotatable bonds is 6. The van der Waals surface area contributed by atoms with Crippen LogP contribution in [0.3, 0.4) is 0 Å². The van der Waals surface area contributed by atoms with Crippen LogP contribution in [-0.4, -0.2) is 30.9 Å². The SMILES string of the molecule is Cc1c(C(=O)NNC(=O)c2ccc([N+](=O)[O-])cc2)oc2c1/C(=N/NS(=O)(=O)c1ccccc1)CCC2. The average Bonchev–Trinajstić information content (AvgIpc) is 3.23. The van der Waals surface area contributed by atoms with Crippen LogP contribution in [0.5, 0.6) is 0 Å². The molecule has 0 spiro atoms. The number of aryl methyl sites for hydroxylation is 1. The maximum Gasteiger partial charge on any atom is 0.305 e. The largest absolute Gasteiger partial charge is 0.455 e. The first-order chi connectivity index (χ1) is 17.2. The van der Waals surface area contributed by atoms with Gasteiger partial charge in [-0.3, -0.25) is 30.6 Å². The van der Waals surface area contributed by atoms with Crippen LogP contribution in [0, 0.1) is 17.0 Å². The van der Waals surface area contributed by atoms with Gasteiger partial charge >= 0.3 is 5.91 Å². The minimum absolute atomic E-state index is 0.0514. The lowest BCUT2D eigenvalue weighted by atomic mass is 9.93. The van der Waals surface area contributed by atoms with Crippen LogP contribution in [0.25, 0.3) is 0 Å². The van der Waals surface area contributed by atoms with E-state index in [2.05, 4.69) is 20.8 Å². The average molecular weight is 512 g/mol. The molecule has 0 unspecified atom stereocenters. The first kappa shape index (κ1) is 24.6. The van der Waals surface area contributed by atoms with Gasteiger partial charge in [-0.2, -0.15) is 18.4 Å². The molecular weight excluding hydrogens is 490 g/mol. The molecule has 0 saturated heterocycles. The molecule has 0 aliphatic heterocycles. The van der Waals surface area contributed by atoms with Gasteiger partial charge in [-0.15, -0.1) is 0 Å². The Hall–Kier alpha value is -4.52. The second kappa shape index (κ2) is 10.00. The summed E-state index contributed by atoms with van der Waals surface area (Å²) in [5.74, 6) is -0.959. The minimum Gasteiger partial charge on any atom is -0.455 e. The molecule has 3 aromatic rings. The van der Waals surface area contributed by atoms with Crippen molar-refractivity contribution >= 4 is 33.2 Å². The summed E-state index contributed by atoms with van der Waals surface area (Å²) >= 11 is 0. The number of hydrazone groups is 1. The van der Waals surface area contributed by atoms with E-state index in [-0.39, 0.29) is 21.9 Å². The third kappa shape index (κ3) is 5.10. The number of non-ortho nitro benzene ring substituents is 1. The predicted octanol–water partition coefficient (Wildman–Crippen LogP) is 2.59. The van der Waals surface area contributed by atoms with E-state index >= 15 is 0 Å². The van der Waals surface area contributed by atoms with Crippen molar-refractivity contribution in [1.82, 2.24) is 15.7 Å². The Kier molecular flexibility index (Phi) is 6.83. The molecule has 0 atom stereocenters. The molecular formula is C23H21N5O7S. The van der Waals surface area contributed by atoms with Gasteiger partial charge in [0, 0.05) is 35.2 Å². The Morgan fingerprint density at radius 3 is 2.33 bits per heavy atom. The highest BCUT2D eigenvalue weighted by Gasteiger charge is 2.28. The van der Waals surface area contributed by atoms with Gasteiger partial charge < -0.3 is 4.42 Å². The quantitative estimate of drug-likeness (QED) is 0.337. The van der Waals surface area contributed by atoms with E-state index < -0.39 is 26.8 Å². The van der Waals surface area contributed by atoms with Crippen molar-refractivity contribution in [2.75, 3.05) is 0 Å². The zero-order valence-electron chi connectivity index (χ0n) is 19.0. The van der Waals surface area contributed by atoms with Crippen LogP contribution in [0.2, 0.25) is 0 Å². The van der Waals surface area contributed by atoms with Crippen LogP contribution >= 0.6 is 0 Å². The van der Waals surface area contributed by atoms with Crippen molar-refractivity contribution in [3.63, 3.8) is 0 Å². The first-order valence-corrected chi connectivity index (χ1v) is 12.3. The van der Waals surface area contributed by atoms with Crippen molar-refractivity contribution in [3.8, 4) is 0 Å². The maximum atomic E-state index is 12.7. The second-order valence-corrected chi connectivity index (χ2v) is 9.55. The Bertz CT molecular complexity index is 1460. The molecule has 4 rings (SSSR count). The van der Waals surface area contributed by atoms with Crippen molar-refractivity contribution in [2.45, 2.75) is 31.1 Å². The van der Waals surface area contributed by atoms with E-state index in [1.165, 1.54) is 36.4 Å². The van der Waals surface area contributed by atoms with E-state index in [1.54, 1.807) is 25.1 Å². The highest BCUT2D eigenvalue weighted by atomic mass is 32.2. The lowest BCUT2D eigenvalue weighted by molar-refractivity contribution is -0.384. The fourth-order valence-corrected chi connectivity index (χ4v) is 4.59. The summed E-state index contributed by atoms with van der Waals surface area (Å²) in [5, 5.41) is 14.9. The number of hydrogen-bond acceptors (Lipinski definition) is 8. The molecule has 1 aromatic heterocycles. The van der Waals surface area contributed by atoms with Crippen LogP contribution < -0.4 is 15.7 Å². The molecule has 0 saturated carbocycles. The molecule has 12 nitrogen and oxygen atoms in total. The van der Waals surface area contributed by atoms with E-state index in [1.807, 2.05) is 0 Å². The van der Waals surface area contributed by atoms with Crippen molar-refractivity contribution < 1.29 is 27.3 Å². The van der Waals surface area contributed by atoms with Crippen LogP contribution in [0.1, 0.15) is 50.6 Å². The molecule has 1 heterocycles. The van der Waals surface area contributed by atoms with Gasteiger partial charge in [0.1, 0.15) is 5.76 Å². The minimum atomic E-state index is -3.87. The number of amides is 2. The van der Waals surface area contributed by atoms with Gasteiger partial charge in [0.2, 0.25) is 0 Å². The highest BCUT2D eigenvalue weighted by molar-refractivity contribution is 7.89. The van der Waals surface area contributed by atoms with Crippen molar-refractivity contribution in [2.24, 2.45) is 5.10 Å². The smallest absolute Gasteiger partial charge is 0.305 e. The molecule has 2 amide bonds. The molecule has 0 radical (unpaired) electrons. The van der Waals surface area contributed by atoms with Crippen LogP contribution in [0.4, 0.5) is 5.69 Å². The Labute approximate surface area is 205 Å². The van der Waals surface area contributed by atoms with Gasteiger partial charge in [-0.05, 0) is 44.0 Å². The van der Waals surface area contributed by atoms with E-state index in [0.29, 0.717) is 41.9 Å². The number of carbonyl (C=O) groups is 2. The fraction of sp³-hybridized carbons (Fsp3) is 0.174. The van der Waals surface area contributed by atoms with Crippen molar-refractivity contribution in [1.29, 1.82) is 0 Å². The third-order valence-corrected chi connectivity index (χ3v) is 6.74. The molecule has 0 bridgehead atoms. The number of hydrazine groups is 1. The monoisotopic (exact) mass is 511 g/mol. The molecule has 1 aliphatic rings. The Morgan fingerprint density at radius 2 is 1.67 bits per heavy atom. The Morgan fingerprint density at radius 1 is 1.00 bits per heavy atom. The van der Waals surface area contributed by atoms with Crippen LogP contribution in [0.15, 0.2) is 69.0 Å². The van der Waals surface area contributed by atoms with Gasteiger partial charge in [-0.1, -0.05) is 18.2 Å². The van der Waals surface area contributed by atoms with Gasteiger partial charge in [0.25, 0.3) is 21.6 Å². The zero-order valence-corrected chi connectivity index (χ0v) is 19.8. The zero-order chi connectivity index (χ0) is 25.9. The number of nitrogens with zero attached hydrogens (tertiary/aromatic N) is 2. The first-order valence-electron chi connectivity index (χ1n) is 10.8. The summed E-state index contributed by atoms with van der Waals surface area (Å²) in [4.78, 5) is 37.5. The lowest BCUT2D eigenvalue weighted by Gasteiger charge is -2.14. The van der Waals surface area contributed by atoms with Gasteiger partial charge in [0.05, 0.1) is 15.5 Å². The number of nitrogens with one attached hydrogen (secondary N) is 3. The molecule has 1 aliphatic carbocycles. The summed E-state index contributed by atoms with van der Waals surface area (Å²) in [7, 11) is -3.87. The normalized spacial score (nSPS) is 14.1. The second-order valence-electron chi connectivity index (χ2n) is 7.89.